The largest absolute Gasteiger partial charge is 0.496 e. The predicted octanol–water partition coefficient (Wildman–Crippen LogP) is 3.99. The van der Waals surface area contributed by atoms with Crippen LogP contribution in [0.1, 0.15) is 29.7 Å². The van der Waals surface area contributed by atoms with E-state index in [-0.39, 0.29) is 11.9 Å². The normalized spacial score (nSPS) is 12.2. The summed E-state index contributed by atoms with van der Waals surface area (Å²) in [4.78, 5) is 0. The maximum atomic E-state index is 13.2. The molecule has 1 atom stereocenters. The summed E-state index contributed by atoms with van der Waals surface area (Å²) < 4.78 is 18.6. The quantitative estimate of drug-likeness (QED) is 0.889. The Morgan fingerprint density at radius 1 is 1.20 bits per heavy atom. The molecule has 0 fully saturated rings. The lowest BCUT2D eigenvalue weighted by Crippen LogP contribution is -2.18. The third-order valence-electron chi connectivity index (χ3n) is 3.38. The fourth-order valence-corrected chi connectivity index (χ4v) is 2.20. The van der Waals surface area contributed by atoms with Gasteiger partial charge in [0.25, 0.3) is 0 Å². The highest BCUT2D eigenvalue weighted by molar-refractivity contribution is 5.37. The molecular weight excluding hydrogens is 253 g/mol. The molecule has 0 saturated heterocycles. The van der Waals surface area contributed by atoms with Crippen molar-refractivity contribution < 1.29 is 9.13 Å². The molecule has 0 heterocycles. The molecule has 3 heteroatoms. The van der Waals surface area contributed by atoms with Crippen molar-refractivity contribution in [1.82, 2.24) is 5.32 Å². The summed E-state index contributed by atoms with van der Waals surface area (Å²) in [5, 5.41) is 3.40. The first-order valence-corrected chi connectivity index (χ1v) is 6.72. The summed E-state index contributed by atoms with van der Waals surface area (Å²) >= 11 is 0. The van der Waals surface area contributed by atoms with Crippen LogP contribution < -0.4 is 10.1 Å². The lowest BCUT2D eigenvalue weighted by atomic mass is 10.1. The molecular formula is C17H20FNO. The Labute approximate surface area is 119 Å². The molecule has 0 aliphatic carbocycles. The highest BCUT2D eigenvalue weighted by Gasteiger charge is 2.08. The van der Waals surface area contributed by atoms with Gasteiger partial charge >= 0.3 is 0 Å². The third kappa shape index (κ3) is 3.58. The van der Waals surface area contributed by atoms with E-state index in [1.165, 1.54) is 11.6 Å². The Morgan fingerprint density at radius 2 is 2.00 bits per heavy atom. The molecule has 1 unspecified atom stereocenters. The SMILES string of the molecule is COc1ccc(C)cc1CNC(C)c1cccc(F)c1. The van der Waals surface area contributed by atoms with E-state index in [1.54, 1.807) is 19.2 Å². The molecule has 2 rings (SSSR count). The van der Waals surface area contributed by atoms with Crippen molar-refractivity contribution in [3.8, 4) is 5.75 Å². The average Bonchev–Trinajstić information content (AvgIpc) is 2.45. The van der Waals surface area contributed by atoms with E-state index in [1.807, 2.05) is 25.1 Å². The molecule has 20 heavy (non-hydrogen) atoms. The van der Waals surface area contributed by atoms with Gasteiger partial charge in [0.2, 0.25) is 0 Å². The Kier molecular flexibility index (Phi) is 4.74. The second-order valence-corrected chi connectivity index (χ2v) is 4.97. The van der Waals surface area contributed by atoms with Crippen molar-refractivity contribution in [2.45, 2.75) is 26.4 Å². The molecule has 106 valence electrons. The smallest absolute Gasteiger partial charge is 0.123 e. The number of nitrogens with one attached hydrogen (secondary N) is 1. The minimum atomic E-state index is -0.204. The maximum Gasteiger partial charge on any atom is 0.123 e. The van der Waals surface area contributed by atoms with Crippen LogP contribution >= 0.6 is 0 Å². The molecule has 0 spiro atoms. The van der Waals surface area contributed by atoms with Crippen LogP contribution in [0, 0.1) is 12.7 Å². The zero-order chi connectivity index (χ0) is 14.5. The van der Waals surface area contributed by atoms with Gasteiger partial charge in [-0.15, -0.1) is 0 Å². The third-order valence-corrected chi connectivity index (χ3v) is 3.38. The van der Waals surface area contributed by atoms with E-state index in [4.69, 9.17) is 4.74 Å². The molecule has 0 bridgehead atoms. The van der Waals surface area contributed by atoms with Crippen molar-refractivity contribution in [3.63, 3.8) is 0 Å². The molecule has 0 aliphatic rings. The van der Waals surface area contributed by atoms with Crippen LogP contribution in [0.2, 0.25) is 0 Å². The molecule has 2 nitrogen and oxygen atoms in total. The van der Waals surface area contributed by atoms with E-state index < -0.39 is 0 Å². The van der Waals surface area contributed by atoms with Gasteiger partial charge < -0.3 is 10.1 Å². The number of rotatable bonds is 5. The number of ether oxygens (including phenoxy) is 1. The van der Waals surface area contributed by atoms with Gasteiger partial charge in [0.1, 0.15) is 11.6 Å². The van der Waals surface area contributed by atoms with Gasteiger partial charge in [0, 0.05) is 18.2 Å². The predicted molar refractivity (Wildman–Crippen MR) is 79.4 cm³/mol. The fraction of sp³-hybridized carbons (Fsp3) is 0.294. The lowest BCUT2D eigenvalue weighted by Gasteiger charge is -2.16. The number of hydrogen-bond donors (Lipinski definition) is 1. The summed E-state index contributed by atoms with van der Waals surface area (Å²) in [5.74, 6) is 0.666. The first kappa shape index (κ1) is 14.5. The van der Waals surface area contributed by atoms with E-state index in [9.17, 15) is 4.39 Å². The van der Waals surface area contributed by atoms with Crippen LogP contribution in [0.25, 0.3) is 0 Å². The molecule has 0 saturated carbocycles. The van der Waals surface area contributed by atoms with Gasteiger partial charge in [-0.3, -0.25) is 0 Å². The van der Waals surface area contributed by atoms with Crippen molar-refractivity contribution in [3.05, 3.63) is 65.0 Å². The molecule has 0 aliphatic heterocycles. The van der Waals surface area contributed by atoms with Gasteiger partial charge in [-0.05, 0) is 37.6 Å². The number of halogens is 1. The summed E-state index contributed by atoms with van der Waals surface area (Å²) in [6, 6.07) is 12.9. The monoisotopic (exact) mass is 273 g/mol. The Morgan fingerprint density at radius 3 is 2.70 bits per heavy atom. The molecule has 1 N–H and O–H groups in total. The van der Waals surface area contributed by atoms with Crippen molar-refractivity contribution in [1.29, 1.82) is 0 Å². The highest BCUT2D eigenvalue weighted by Crippen LogP contribution is 2.21. The number of methoxy groups -OCH3 is 1. The lowest BCUT2D eigenvalue weighted by molar-refractivity contribution is 0.406. The second-order valence-electron chi connectivity index (χ2n) is 4.97. The van der Waals surface area contributed by atoms with E-state index in [2.05, 4.69) is 18.3 Å². The first-order chi connectivity index (χ1) is 9.60. The number of benzene rings is 2. The van der Waals surface area contributed by atoms with Gasteiger partial charge in [-0.25, -0.2) is 4.39 Å². The summed E-state index contributed by atoms with van der Waals surface area (Å²) in [6.07, 6.45) is 0. The van der Waals surface area contributed by atoms with Gasteiger partial charge in [0.15, 0.2) is 0 Å². The van der Waals surface area contributed by atoms with Gasteiger partial charge in [0.05, 0.1) is 7.11 Å². The zero-order valence-corrected chi connectivity index (χ0v) is 12.1. The Balaban J connectivity index is 2.06. The van der Waals surface area contributed by atoms with Crippen molar-refractivity contribution in [2.24, 2.45) is 0 Å². The molecule has 0 aromatic heterocycles. The topological polar surface area (TPSA) is 21.3 Å². The standard InChI is InChI=1S/C17H20FNO/c1-12-7-8-17(20-3)15(9-12)11-19-13(2)14-5-4-6-16(18)10-14/h4-10,13,19H,11H2,1-3H3. The zero-order valence-electron chi connectivity index (χ0n) is 12.1. The minimum absolute atomic E-state index is 0.0796. The molecule has 0 amide bonds. The molecule has 2 aromatic rings. The Bertz CT molecular complexity index is 583. The van der Waals surface area contributed by atoms with Crippen LogP contribution in [-0.2, 0) is 6.54 Å². The second kappa shape index (κ2) is 6.53. The van der Waals surface area contributed by atoms with Crippen LogP contribution in [0.5, 0.6) is 5.75 Å². The van der Waals surface area contributed by atoms with Crippen molar-refractivity contribution >= 4 is 0 Å². The summed E-state index contributed by atoms with van der Waals surface area (Å²) in [7, 11) is 1.67. The minimum Gasteiger partial charge on any atom is -0.496 e. The van der Waals surface area contributed by atoms with Crippen LogP contribution in [0.3, 0.4) is 0 Å². The van der Waals surface area contributed by atoms with Crippen LogP contribution in [0.4, 0.5) is 4.39 Å². The first-order valence-electron chi connectivity index (χ1n) is 6.72. The summed E-state index contributed by atoms with van der Waals surface area (Å²) in [6.45, 7) is 4.76. The maximum absolute atomic E-state index is 13.2. The van der Waals surface area contributed by atoms with Gasteiger partial charge in [-0.1, -0.05) is 29.8 Å². The highest BCUT2D eigenvalue weighted by atomic mass is 19.1. The van der Waals surface area contributed by atoms with E-state index >= 15 is 0 Å². The molecule has 2 aromatic carbocycles. The van der Waals surface area contributed by atoms with Gasteiger partial charge in [-0.2, -0.15) is 0 Å². The van der Waals surface area contributed by atoms with Crippen molar-refractivity contribution in [2.75, 3.05) is 7.11 Å². The van der Waals surface area contributed by atoms with E-state index in [0.717, 1.165) is 16.9 Å². The molecule has 0 radical (unpaired) electrons. The fourth-order valence-electron chi connectivity index (χ4n) is 2.20. The van der Waals surface area contributed by atoms with E-state index in [0.29, 0.717) is 6.54 Å². The average molecular weight is 273 g/mol. The number of hydrogen-bond acceptors (Lipinski definition) is 2. The van der Waals surface area contributed by atoms with Crippen LogP contribution in [-0.4, -0.2) is 7.11 Å². The van der Waals surface area contributed by atoms with Crippen LogP contribution in [0.15, 0.2) is 42.5 Å². The number of aryl methyl sites for hydroxylation is 1. The summed E-state index contributed by atoms with van der Waals surface area (Å²) in [5.41, 5.74) is 3.24. The Hall–Kier alpha value is -1.87.